The zero-order valence-corrected chi connectivity index (χ0v) is 12.9. The second-order valence-electron chi connectivity index (χ2n) is 6.34. The predicted octanol–water partition coefficient (Wildman–Crippen LogP) is 4.11. The standard InChI is InChI=1S/C16H24ClN/c1-10-6-11(2)13(12(3)7-10)9-18-15-8-14(17)16(15,4)5/h6-7,14-15,18H,8-9H2,1-5H3. The molecule has 100 valence electrons. The van der Waals surface area contributed by atoms with Gasteiger partial charge in [-0.3, -0.25) is 0 Å². The van der Waals surface area contributed by atoms with E-state index in [9.17, 15) is 0 Å². The van der Waals surface area contributed by atoms with Gasteiger partial charge in [-0.1, -0.05) is 31.5 Å². The molecule has 0 amide bonds. The largest absolute Gasteiger partial charge is 0.309 e. The molecule has 0 saturated heterocycles. The van der Waals surface area contributed by atoms with E-state index in [1.54, 1.807) is 0 Å². The van der Waals surface area contributed by atoms with Crippen LogP contribution in [0.2, 0.25) is 0 Å². The summed E-state index contributed by atoms with van der Waals surface area (Å²) in [4.78, 5) is 0. The summed E-state index contributed by atoms with van der Waals surface area (Å²) in [5.41, 5.74) is 5.78. The van der Waals surface area contributed by atoms with Gasteiger partial charge in [-0.25, -0.2) is 0 Å². The highest BCUT2D eigenvalue weighted by Crippen LogP contribution is 2.44. The Bertz CT molecular complexity index is 427. The van der Waals surface area contributed by atoms with Gasteiger partial charge in [0.2, 0.25) is 0 Å². The predicted molar refractivity (Wildman–Crippen MR) is 79.3 cm³/mol. The first-order valence-corrected chi connectivity index (χ1v) is 7.20. The first kappa shape index (κ1) is 13.9. The number of alkyl halides is 1. The maximum Gasteiger partial charge on any atom is 0.0416 e. The van der Waals surface area contributed by atoms with E-state index in [4.69, 9.17) is 11.6 Å². The topological polar surface area (TPSA) is 12.0 Å². The monoisotopic (exact) mass is 265 g/mol. The van der Waals surface area contributed by atoms with Crippen LogP contribution in [0.25, 0.3) is 0 Å². The van der Waals surface area contributed by atoms with Gasteiger partial charge in [0.05, 0.1) is 0 Å². The smallest absolute Gasteiger partial charge is 0.0416 e. The van der Waals surface area contributed by atoms with Gasteiger partial charge in [0.15, 0.2) is 0 Å². The molecule has 1 N–H and O–H groups in total. The molecule has 1 saturated carbocycles. The van der Waals surface area contributed by atoms with Crippen LogP contribution in [0.15, 0.2) is 12.1 Å². The lowest BCUT2D eigenvalue weighted by atomic mass is 9.66. The molecule has 2 atom stereocenters. The van der Waals surface area contributed by atoms with E-state index in [1.807, 2.05) is 0 Å². The molecule has 0 aromatic heterocycles. The summed E-state index contributed by atoms with van der Waals surface area (Å²) in [5, 5.41) is 3.99. The third-order valence-electron chi connectivity index (χ3n) is 4.51. The summed E-state index contributed by atoms with van der Waals surface area (Å²) in [6.07, 6.45) is 1.08. The van der Waals surface area contributed by atoms with E-state index < -0.39 is 0 Å². The van der Waals surface area contributed by atoms with Crippen molar-refractivity contribution < 1.29 is 0 Å². The Morgan fingerprint density at radius 1 is 1.22 bits per heavy atom. The Kier molecular flexibility index (Phi) is 3.75. The highest BCUT2D eigenvalue weighted by atomic mass is 35.5. The first-order chi connectivity index (χ1) is 8.32. The van der Waals surface area contributed by atoms with Crippen LogP contribution in [-0.4, -0.2) is 11.4 Å². The fourth-order valence-corrected chi connectivity index (χ4v) is 3.26. The second kappa shape index (κ2) is 4.86. The quantitative estimate of drug-likeness (QED) is 0.811. The minimum atomic E-state index is 0.216. The van der Waals surface area contributed by atoms with Crippen molar-refractivity contribution in [3.8, 4) is 0 Å². The van der Waals surface area contributed by atoms with Gasteiger partial charge in [0, 0.05) is 18.0 Å². The van der Waals surface area contributed by atoms with Gasteiger partial charge < -0.3 is 5.32 Å². The van der Waals surface area contributed by atoms with Crippen molar-refractivity contribution in [2.45, 2.75) is 59.0 Å². The van der Waals surface area contributed by atoms with E-state index in [2.05, 4.69) is 52.1 Å². The fourth-order valence-electron chi connectivity index (χ4n) is 2.93. The lowest BCUT2D eigenvalue weighted by Crippen LogP contribution is -2.57. The maximum absolute atomic E-state index is 6.26. The van der Waals surface area contributed by atoms with Gasteiger partial charge in [-0.15, -0.1) is 11.6 Å². The summed E-state index contributed by atoms with van der Waals surface area (Å²) in [6, 6.07) is 5.07. The summed E-state index contributed by atoms with van der Waals surface area (Å²) < 4.78 is 0. The van der Waals surface area contributed by atoms with Crippen LogP contribution in [-0.2, 0) is 6.54 Å². The SMILES string of the molecule is Cc1cc(C)c(CNC2CC(Cl)C2(C)C)c(C)c1. The molecule has 0 spiro atoms. The first-order valence-electron chi connectivity index (χ1n) is 6.76. The third-order valence-corrected chi connectivity index (χ3v) is 5.25. The normalized spacial score (nSPS) is 25.9. The Labute approximate surface area is 116 Å². The maximum atomic E-state index is 6.26. The van der Waals surface area contributed by atoms with Crippen molar-refractivity contribution in [3.63, 3.8) is 0 Å². The number of benzene rings is 1. The lowest BCUT2D eigenvalue weighted by Gasteiger charge is -2.49. The van der Waals surface area contributed by atoms with Crippen LogP contribution in [0.5, 0.6) is 0 Å². The van der Waals surface area contributed by atoms with E-state index in [1.165, 1.54) is 22.3 Å². The van der Waals surface area contributed by atoms with Crippen molar-refractivity contribution in [1.29, 1.82) is 0 Å². The van der Waals surface area contributed by atoms with Crippen LogP contribution in [0.1, 0.15) is 42.5 Å². The Morgan fingerprint density at radius 2 is 1.78 bits per heavy atom. The highest BCUT2D eigenvalue weighted by Gasteiger charge is 2.46. The molecule has 1 aliphatic carbocycles. The van der Waals surface area contributed by atoms with E-state index in [0.29, 0.717) is 11.4 Å². The molecule has 0 heterocycles. The van der Waals surface area contributed by atoms with Crippen molar-refractivity contribution in [2.75, 3.05) is 0 Å². The van der Waals surface area contributed by atoms with Crippen LogP contribution >= 0.6 is 11.6 Å². The fraction of sp³-hybridized carbons (Fsp3) is 0.625. The average molecular weight is 266 g/mol. The summed E-state index contributed by atoms with van der Waals surface area (Å²) in [5.74, 6) is 0. The molecule has 0 radical (unpaired) electrons. The molecule has 0 aliphatic heterocycles. The molecular weight excluding hydrogens is 242 g/mol. The van der Waals surface area contributed by atoms with Crippen molar-refractivity contribution in [3.05, 3.63) is 34.4 Å². The van der Waals surface area contributed by atoms with Crippen LogP contribution < -0.4 is 5.32 Å². The number of hydrogen-bond donors (Lipinski definition) is 1. The van der Waals surface area contributed by atoms with Crippen LogP contribution in [0.4, 0.5) is 0 Å². The van der Waals surface area contributed by atoms with Crippen LogP contribution in [0, 0.1) is 26.2 Å². The summed E-state index contributed by atoms with van der Waals surface area (Å²) in [6.45, 7) is 12.0. The van der Waals surface area contributed by atoms with E-state index in [0.717, 1.165) is 13.0 Å². The van der Waals surface area contributed by atoms with Crippen LogP contribution in [0.3, 0.4) is 0 Å². The zero-order valence-electron chi connectivity index (χ0n) is 12.1. The third kappa shape index (κ3) is 2.44. The molecular formula is C16H24ClN. The lowest BCUT2D eigenvalue weighted by molar-refractivity contribution is 0.115. The average Bonchev–Trinajstić information content (AvgIpc) is 2.26. The molecule has 1 nitrogen and oxygen atoms in total. The highest BCUT2D eigenvalue weighted by molar-refractivity contribution is 6.21. The van der Waals surface area contributed by atoms with Crippen molar-refractivity contribution >= 4 is 11.6 Å². The number of nitrogens with one attached hydrogen (secondary N) is 1. The van der Waals surface area contributed by atoms with E-state index >= 15 is 0 Å². The Balaban J connectivity index is 2.04. The zero-order chi connectivity index (χ0) is 13.5. The number of halogens is 1. The minimum absolute atomic E-state index is 0.216. The molecule has 2 heteroatoms. The number of rotatable bonds is 3. The van der Waals surface area contributed by atoms with Crippen molar-refractivity contribution in [2.24, 2.45) is 5.41 Å². The Morgan fingerprint density at radius 3 is 2.22 bits per heavy atom. The molecule has 18 heavy (non-hydrogen) atoms. The van der Waals surface area contributed by atoms with Crippen molar-refractivity contribution in [1.82, 2.24) is 5.32 Å². The summed E-state index contributed by atoms with van der Waals surface area (Å²) >= 11 is 6.26. The van der Waals surface area contributed by atoms with Gasteiger partial charge in [-0.2, -0.15) is 0 Å². The molecule has 1 aromatic carbocycles. The second-order valence-corrected chi connectivity index (χ2v) is 6.86. The molecule has 1 aliphatic rings. The molecule has 1 aromatic rings. The van der Waals surface area contributed by atoms with E-state index in [-0.39, 0.29) is 5.41 Å². The number of aryl methyl sites for hydroxylation is 3. The minimum Gasteiger partial charge on any atom is -0.309 e. The van der Waals surface area contributed by atoms with Gasteiger partial charge in [-0.05, 0) is 49.3 Å². The van der Waals surface area contributed by atoms with Gasteiger partial charge >= 0.3 is 0 Å². The molecule has 2 rings (SSSR count). The Hall–Kier alpha value is -0.530. The number of hydrogen-bond acceptors (Lipinski definition) is 1. The molecule has 1 fully saturated rings. The molecule has 2 unspecified atom stereocenters. The van der Waals surface area contributed by atoms with Gasteiger partial charge in [0.1, 0.15) is 0 Å². The summed E-state index contributed by atoms with van der Waals surface area (Å²) in [7, 11) is 0. The molecule has 0 bridgehead atoms. The van der Waals surface area contributed by atoms with Gasteiger partial charge in [0.25, 0.3) is 0 Å².